The molecule has 1 fully saturated rings. The van der Waals surface area contributed by atoms with Crippen molar-refractivity contribution in [2.75, 3.05) is 11.4 Å². The number of carbonyl (C=O) groups is 2. The minimum atomic E-state index is -0.407. The Bertz CT molecular complexity index is 1460. The van der Waals surface area contributed by atoms with Crippen LogP contribution in [-0.2, 0) is 31.5 Å². The van der Waals surface area contributed by atoms with Crippen molar-refractivity contribution < 1.29 is 14.3 Å². The second-order valence-corrected chi connectivity index (χ2v) is 9.44. The zero-order chi connectivity index (χ0) is 25.4. The van der Waals surface area contributed by atoms with Gasteiger partial charge in [0, 0.05) is 45.2 Å². The van der Waals surface area contributed by atoms with Crippen molar-refractivity contribution in [2.24, 2.45) is 7.05 Å². The molecule has 0 bridgehead atoms. The van der Waals surface area contributed by atoms with E-state index in [-0.39, 0.29) is 12.3 Å². The van der Waals surface area contributed by atoms with Crippen LogP contribution in [0.25, 0.3) is 11.4 Å². The number of amides is 3. The Kier molecular flexibility index (Phi) is 5.94. The van der Waals surface area contributed by atoms with Crippen LogP contribution in [0.5, 0.6) is 11.5 Å². The van der Waals surface area contributed by atoms with Gasteiger partial charge in [0.2, 0.25) is 5.91 Å². The molecule has 8 nitrogen and oxygen atoms in total. The first-order chi connectivity index (χ1) is 18.0. The standard InChI is InChI=1S/C29H27N5O3/c1-32-27(34-14-13-26(35)31-29(34)36)16-30-28(32)21-9-10-22-18-33(19-23(22)15-21)17-20-7-11-25(12-8-20)37-24-5-3-2-4-6-24/h2-12,15-16H,13-14,17-19H2,1H3,(H,31,35,36). The second kappa shape index (κ2) is 9.55. The number of rotatable bonds is 6. The zero-order valence-corrected chi connectivity index (χ0v) is 20.6. The van der Waals surface area contributed by atoms with E-state index in [1.807, 2.05) is 54.1 Å². The molecule has 186 valence electrons. The number of imide groups is 1. The predicted octanol–water partition coefficient (Wildman–Crippen LogP) is 4.84. The molecule has 1 saturated heterocycles. The number of hydrogen-bond acceptors (Lipinski definition) is 5. The summed E-state index contributed by atoms with van der Waals surface area (Å²) in [4.78, 5) is 32.4. The third-order valence-corrected chi connectivity index (χ3v) is 6.85. The minimum Gasteiger partial charge on any atom is -0.457 e. The summed E-state index contributed by atoms with van der Waals surface area (Å²) in [5, 5.41) is 2.37. The van der Waals surface area contributed by atoms with Crippen molar-refractivity contribution in [1.29, 1.82) is 0 Å². The van der Waals surface area contributed by atoms with Crippen molar-refractivity contribution >= 4 is 17.8 Å². The highest BCUT2D eigenvalue weighted by Gasteiger charge is 2.27. The Morgan fingerprint density at radius 2 is 1.68 bits per heavy atom. The van der Waals surface area contributed by atoms with Crippen molar-refractivity contribution in [3.8, 4) is 22.9 Å². The molecule has 37 heavy (non-hydrogen) atoms. The average Bonchev–Trinajstić information content (AvgIpc) is 3.48. The van der Waals surface area contributed by atoms with Crippen LogP contribution in [0.4, 0.5) is 10.6 Å². The second-order valence-electron chi connectivity index (χ2n) is 9.44. The maximum absolute atomic E-state index is 12.3. The highest BCUT2D eigenvalue weighted by atomic mass is 16.5. The van der Waals surface area contributed by atoms with Crippen molar-refractivity contribution in [3.63, 3.8) is 0 Å². The van der Waals surface area contributed by atoms with Crippen LogP contribution in [0.1, 0.15) is 23.1 Å². The fraction of sp³-hybridized carbons (Fsp3) is 0.207. The molecular formula is C29H27N5O3. The normalized spacial score (nSPS) is 15.5. The monoisotopic (exact) mass is 493 g/mol. The van der Waals surface area contributed by atoms with Crippen LogP contribution in [0.15, 0.2) is 79.0 Å². The summed E-state index contributed by atoms with van der Waals surface area (Å²) in [5.41, 5.74) is 4.84. The molecule has 0 unspecified atom stereocenters. The number of benzene rings is 3. The van der Waals surface area contributed by atoms with Crippen LogP contribution >= 0.6 is 0 Å². The summed E-state index contributed by atoms with van der Waals surface area (Å²) in [7, 11) is 1.89. The van der Waals surface area contributed by atoms with Crippen LogP contribution in [-0.4, -0.2) is 32.9 Å². The van der Waals surface area contributed by atoms with Gasteiger partial charge in [0.25, 0.3) is 0 Å². The van der Waals surface area contributed by atoms with E-state index in [9.17, 15) is 9.59 Å². The molecule has 0 radical (unpaired) electrons. The molecule has 0 saturated carbocycles. The number of carbonyl (C=O) groups excluding carboxylic acids is 2. The number of para-hydroxylation sites is 1. The first kappa shape index (κ1) is 23.0. The SMILES string of the molecule is Cn1c(N2CCC(=O)NC2=O)cnc1-c1ccc2c(c1)CN(Cc1ccc(Oc3ccccc3)cc1)C2. The van der Waals surface area contributed by atoms with Gasteiger partial charge in [-0.2, -0.15) is 0 Å². The Labute approximate surface area is 215 Å². The highest BCUT2D eigenvalue weighted by molar-refractivity contribution is 6.05. The lowest BCUT2D eigenvalue weighted by atomic mass is 10.1. The summed E-state index contributed by atoms with van der Waals surface area (Å²) in [6.07, 6.45) is 1.97. The topological polar surface area (TPSA) is 79.7 Å². The van der Waals surface area contributed by atoms with E-state index >= 15 is 0 Å². The van der Waals surface area contributed by atoms with E-state index in [1.165, 1.54) is 16.7 Å². The summed E-state index contributed by atoms with van der Waals surface area (Å²) in [6, 6.07) is 24.1. The molecule has 4 aromatic rings. The van der Waals surface area contributed by atoms with Gasteiger partial charge in [0.1, 0.15) is 23.1 Å². The maximum Gasteiger partial charge on any atom is 0.329 e. The number of nitrogens with zero attached hydrogens (tertiary/aromatic N) is 4. The number of urea groups is 1. The van der Waals surface area contributed by atoms with E-state index in [4.69, 9.17) is 4.74 Å². The first-order valence-corrected chi connectivity index (χ1v) is 12.3. The molecule has 2 aliphatic heterocycles. The quantitative estimate of drug-likeness (QED) is 0.416. The summed E-state index contributed by atoms with van der Waals surface area (Å²) in [5.74, 6) is 2.86. The van der Waals surface area contributed by atoms with Gasteiger partial charge >= 0.3 is 6.03 Å². The molecular weight excluding hydrogens is 466 g/mol. The number of hydrogen-bond donors (Lipinski definition) is 1. The first-order valence-electron chi connectivity index (χ1n) is 12.3. The maximum atomic E-state index is 12.3. The van der Waals surface area contributed by atoms with Gasteiger partial charge in [0.15, 0.2) is 0 Å². The Hall–Kier alpha value is -4.43. The zero-order valence-electron chi connectivity index (χ0n) is 20.6. The van der Waals surface area contributed by atoms with Crippen LogP contribution in [0.2, 0.25) is 0 Å². The number of ether oxygens (including phenoxy) is 1. The molecule has 0 aliphatic carbocycles. The Balaban J connectivity index is 1.13. The fourth-order valence-corrected chi connectivity index (χ4v) is 4.96. The molecule has 6 rings (SSSR count). The highest BCUT2D eigenvalue weighted by Crippen LogP contribution is 2.31. The lowest BCUT2D eigenvalue weighted by Crippen LogP contribution is -2.50. The smallest absolute Gasteiger partial charge is 0.329 e. The molecule has 0 spiro atoms. The van der Waals surface area contributed by atoms with Crippen molar-refractivity contribution in [1.82, 2.24) is 19.8 Å². The summed E-state index contributed by atoms with van der Waals surface area (Å²) in [6.45, 7) is 2.96. The predicted molar refractivity (Wildman–Crippen MR) is 140 cm³/mol. The van der Waals surface area contributed by atoms with E-state index in [1.54, 1.807) is 11.1 Å². The van der Waals surface area contributed by atoms with Gasteiger partial charge in [-0.05, 0) is 47.0 Å². The number of nitrogens with one attached hydrogen (secondary N) is 1. The molecule has 1 N–H and O–H groups in total. The van der Waals surface area contributed by atoms with E-state index in [0.717, 1.165) is 42.5 Å². The number of imidazole rings is 1. The Morgan fingerprint density at radius 1 is 0.919 bits per heavy atom. The van der Waals surface area contributed by atoms with Gasteiger partial charge in [-0.25, -0.2) is 9.78 Å². The Morgan fingerprint density at radius 3 is 2.46 bits per heavy atom. The average molecular weight is 494 g/mol. The molecule has 1 aromatic heterocycles. The minimum absolute atomic E-state index is 0.247. The van der Waals surface area contributed by atoms with Gasteiger partial charge < -0.3 is 9.30 Å². The number of aromatic nitrogens is 2. The van der Waals surface area contributed by atoms with Crippen LogP contribution in [0.3, 0.4) is 0 Å². The summed E-state index contributed by atoms with van der Waals surface area (Å²) < 4.78 is 7.81. The van der Waals surface area contributed by atoms with Crippen LogP contribution < -0.4 is 15.0 Å². The largest absolute Gasteiger partial charge is 0.457 e. The fourth-order valence-electron chi connectivity index (χ4n) is 4.96. The number of anilines is 1. The lowest BCUT2D eigenvalue weighted by Gasteiger charge is -2.26. The van der Waals surface area contributed by atoms with Gasteiger partial charge in [-0.3, -0.25) is 19.9 Å². The van der Waals surface area contributed by atoms with E-state index in [2.05, 4.69) is 45.5 Å². The van der Waals surface area contributed by atoms with Gasteiger partial charge in [-0.1, -0.05) is 42.5 Å². The van der Waals surface area contributed by atoms with Crippen molar-refractivity contribution in [2.45, 2.75) is 26.1 Å². The molecule has 3 amide bonds. The van der Waals surface area contributed by atoms with Crippen LogP contribution in [0, 0.1) is 0 Å². The van der Waals surface area contributed by atoms with E-state index < -0.39 is 6.03 Å². The van der Waals surface area contributed by atoms with Gasteiger partial charge in [-0.15, -0.1) is 0 Å². The molecule has 3 aromatic carbocycles. The molecule has 8 heteroatoms. The lowest BCUT2D eigenvalue weighted by molar-refractivity contribution is -0.120. The van der Waals surface area contributed by atoms with Crippen molar-refractivity contribution in [3.05, 3.63) is 95.7 Å². The molecule has 2 aliphatic rings. The van der Waals surface area contributed by atoms with Gasteiger partial charge in [0.05, 0.1) is 6.20 Å². The third-order valence-electron chi connectivity index (χ3n) is 6.85. The van der Waals surface area contributed by atoms with E-state index in [0.29, 0.717) is 12.4 Å². The summed E-state index contributed by atoms with van der Waals surface area (Å²) >= 11 is 0. The third kappa shape index (κ3) is 4.71. The molecule has 0 atom stereocenters. The molecule has 3 heterocycles. The number of fused-ring (bicyclic) bond motifs is 1.